The van der Waals surface area contributed by atoms with Crippen molar-refractivity contribution in [2.45, 2.75) is 32.9 Å². The zero-order valence-corrected chi connectivity index (χ0v) is 24.8. The Balaban J connectivity index is 2.08. The van der Waals surface area contributed by atoms with Crippen LogP contribution < -0.4 is 9.62 Å². The van der Waals surface area contributed by atoms with E-state index in [1.54, 1.807) is 6.07 Å². The van der Waals surface area contributed by atoms with Crippen molar-refractivity contribution in [3.63, 3.8) is 0 Å². The monoisotopic (exact) mass is 607 g/mol. The number of carbonyl (C=O) groups excluding carboxylic acids is 2. The van der Waals surface area contributed by atoms with Crippen molar-refractivity contribution in [1.82, 2.24) is 10.2 Å². The largest absolute Gasteiger partial charge is 0.354 e. The summed E-state index contributed by atoms with van der Waals surface area (Å²) in [5.41, 5.74) is 1.01. The molecule has 0 fully saturated rings. The van der Waals surface area contributed by atoms with E-state index in [4.69, 9.17) is 23.2 Å². The van der Waals surface area contributed by atoms with E-state index in [9.17, 15) is 22.4 Å². The first-order chi connectivity index (χ1) is 18.9. The first-order valence-electron chi connectivity index (χ1n) is 12.6. The zero-order chi connectivity index (χ0) is 29.4. The Morgan fingerprint density at radius 3 is 2.23 bits per heavy atom. The van der Waals surface area contributed by atoms with Gasteiger partial charge in [0.05, 0.1) is 17.0 Å². The third kappa shape index (κ3) is 8.68. The van der Waals surface area contributed by atoms with Gasteiger partial charge in [0.1, 0.15) is 18.4 Å². The highest BCUT2D eigenvalue weighted by Crippen LogP contribution is 2.30. The number of sulfonamides is 1. The molecule has 0 saturated heterocycles. The first kappa shape index (κ1) is 31.4. The summed E-state index contributed by atoms with van der Waals surface area (Å²) in [6.45, 7) is 3.31. The van der Waals surface area contributed by atoms with Crippen LogP contribution in [0.5, 0.6) is 0 Å². The highest BCUT2D eigenvalue weighted by molar-refractivity contribution is 7.92. The van der Waals surface area contributed by atoms with Crippen LogP contribution in [0.4, 0.5) is 10.1 Å². The van der Waals surface area contributed by atoms with Gasteiger partial charge >= 0.3 is 0 Å². The minimum absolute atomic E-state index is 0.0295. The van der Waals surface area contributed by atoms with Crippen molar-refractivity contribution >= 4 is 50.7 Å². The Morgan fingerprint density at radius 1 is 0.975 bits per heavy atom. The molecule has 1 atom stereocenters. The molecular formula is C29H32Cl2FN3O4S. The Bertz CT molecular complexity index is 1440. The molecule has 11 heteroatoms. The number of rotatable bonds is 12. The summed E-state index contributed by atoms with van der Waals surface area (Å²) in [6.07, 6.45) is 1.08. The summed E-state index contributed by atoms with van der Waals surface area (Å²) in [5.74, 6) is -1.55. The van der Waals surface area contributed by atoms with Gasteiger partial charge in [0.2, 0.25) is 21.8 Å². The van der Waals surface area contributed by atoms with E-state index >= 15 is 0 Å². The van der Waals surface area contributed by atoms with E-state index in [-0.39, 0.29) is 35.2 Å². The predicted octanol–water partition coefficient (Wildman–Crippen LogP) is 5.31. The van der Waals surface area contributed by atoms with Crippen LogP contribution in [0.15, 0.2) is 72.8 Å². The lowest BCUT2D eigenvalue weighted by atomic mass is 10.0. The van der Waals surface area contributed by atoms with Gasteiger partial charge in [-0.2, -0.15) is 0 Å². The molecule has 0 unspecified atom stereocenters. The molecule has 40 heavy (non-hydrogen) atoms. The Kier molecular flexibility index (Phi) is 11.0. The van der Waals surface area contributed by atoms with Crippen molar-refractivity contribution in [3.05, 3.63) is 99.8 Å². The molecule has 0 radical (unpaired) electrons. The zero-order valence-electron chi connectivity index (χ0n) is 22.5. The van der Waals surface area contributed by atoms with Crippen molar-refractivity contribution in [3.8, 4) is 0 Å². The molecule has 1 N–H and O–H groups in total. The van der Waals surface area contributed by atoms with Crippen LogP contribution >= 0.6 is 23.2 Å². The summed E-state index contributed by atoms with van der Waals surface area (Å²) in [5, 5.41) is 3.20. The maximum atomic E-state index is 14.8. The second-order valence-electron chi connectivity index (χ2n) is 9.82. The standard InChI is InChI=1S/C29H32Cl2FN3O4S/c1-20(2)17-33-29(37)27(15-21-9-5-4-6-10-21)34(18-22-11-7-8-12-25(22)32)28(36)19-35(40(3,38)39)26-14-13-23(30)16-24(26)31/h4-14,16,20,27H,15,17-19H2,1-3H3,(H,33,37)/t27-/m0/s1. The molecular weight excluding hydrogens is 576 g/mol. The van der Waals surface area contributed by atoms with Crippen LogP contribution in [-0.2, 0) is 32.6 Å². The summed E-state index contributed by atoms with van der Waals surface area (Å²) in [7, 11) is -4.01. The second kappa shape index (κ2) is 14.0. The molecule has 0 spiro atoms. The van der Waals surface area contributed by atoms with Crippen LogP contribution in [0.2, 0.25) is 10.0 Å². The maximum absolute atomic E-state index is 14.8. The lowest BCUT2D eigenvalue weighted by molar-refractivity contribution is -0.140. The lowest BCUT2D eigenvalue weighted by Crippen LogP contribution is -2.53. The average Bonchev–Trinajstić information content (AvgIpc) is 2.89. The van der Waals surface area contributed by atoms with Gasteiger partial charge in [-0.1, -0.05) is 85.6 Å². The molecule has 0 heterocycles. The molecule has 3 aromatic carbocycles. The number of benzene rings is 3. The summed E-state index contributed by atoms with van der Waals surface area (Å²) in [4.78, 5) is 28.8. The smallest absolute Gasteiger partial charge is 0.244 e. The van der Waals surface area contributed by atoms with E-state index in [0.717, 1.165) is 16.1 Å². The molecule has 3 aromatic rings. The topological polar surface area (TPSA) is 86.8 Å². The minimum Gasteiger partial charge on any atom is -0.354 e. The summed E-state index contributed by atoms with van der Waals surface area (Å²) < 4.78 is 41.3. The average molecular weight is 609 g/mol. The number of anilines is 1. The van der Waals surface area contributed by atoms with Gasteiger partial charge in [0.15, 0.2) is 0 Å². The maximum Gasteiger partial charge on any atom is 0.244 e. The van der Waals surface area contributed by atoms with Gasteiger partial charge in [-0.15, -0.1) is 0 Å². The number of halogens is 3. The molecule has 0 bridgehead atoms. The molecule has 0 aliphatic rings. The van der Waals surface area contributed by atoms with Crippen LogP contribution in [0, 0.1) is 11.7 Å². The Labute approximate surface area is 244 Å². The number of hydrogen-bond donors (Lipinski definition) is 1. The van der Waals surface area contributed by atoms with Crippen molar-refractivity contribution in [1.29, 1.82) is 0 Å². The van der Waals surface area contributed by atoms with E-state index in [1.807, 2.05) is 44.2 Å². The van der Waals surface area contributed by atoms with Crippen LogP contribution in [-0.4, -0.2) is 50.5 Å². The fourth-order valence-electron chi connectivity index (χ4n) is 4.06. The van der Waals surface area contributed by atoms with E-state index in [2.05, 4.69) is 5.32 Å². The molecule has 214 valence electrons. The van der Waals surface area contributed by atoms with E-state index < -0.39 is 40.2 Å². The first-order valence-corrected chi connectivity index (χ1v) is 15.2. The number of nitrogens with zero attached hydrogens (tertiary/aromatic N) is 2. The number of carbonyl (C=O) groups is 2. The van der Waals surface area contributed by atoms with E-state index in [1.165, 1.54) is 41.3 Å². The highest BCUT2D eigenvalue weighted by Gasteiger charge is 2.34. The number of nitrogens with one attached hydrogen (secondary N) is 1. The van der Waals surface area contributed by atoms with E-state index in [0.29, 0.717) is 11.6 Å². The fourth-order valence-corrected chi connectivity index (χ4v) is 5.49. The predicted molar refractivity (Wildman–Crippen MR) is 157 cm³/mol. The van der Waals surface area contributed by atoms with Crippen LogP contribution in [0.3, 0.4) is 0 Å². The van der Waals surface area contributed by atoms with Crippen molar-refractivity contribution in [2.75, 3.05) is 23.7 Å². The molecule has 0 saturated carbocycles. The summed E-state index contributed by atoms with van der Waals surface area (Å²) in [6, 6.07) is 18.2. The van der Waals surface area contributed by atoms with Gasteiger partial charge in [0.25, 0.3) is 0 Å². The normalized spacial score (nSPS) is 12.2. The second-order valence-corrected chi connectivity index (χ2v) is 12.6. The van der Waals surface area contributed by atoms with Crippen LogP contribution in [0.25, 0.3) is 0 Å². The molecule has 7 nitrogen and oxygen atoms in total. The summed E-state index contributed by atoms with van der Waals surface area (Å²) >= 11 is 12.3. The van der Waals surface area contributed by atoms with Crippen molar-refractivity contribution < 1.29 is 22.4 Å². The van der Waals surface area contributed by atoms with Crippen LogP contribution in [0.1, 0.15) is 25.0 Å². The quantitative estimate of drug-likeness (QED) is 0.302. The number of amides is 2. The highest BCUT2D eigenvalue weighted by atomic mass is 35.5. The molecule has 0 aromatic heterocycles. The lowest BCUT2D eigenvalue weighted by Gasteiger charge is -2.34. The minimum atomic E-state index is -4.01. The molecule has 0 aliphatic carbocycles. The third-order valence-electron chi connectivity index (χ3n) is 6.11. The fraction of sp³-hybridized carbons (Fsp3) is 0.310. The van der Waals surface area contributed by atoms with Gasteiger partial charge in [-0.25, -0.2) is 12.8 Å². The number of hydrogen-bond acceptors (Lipinski definition) is 4. The van der Waals surface area contributed by atoms with Gasteiger partial charge in [-0.3, -0.25) is 13.9 Å². The Morgan fingerprint density at radius 2 is 1.62 bits per heavy atom. The van der Waals surface area contributed by atoms with Crippen molar-refractivity contribution in [2.24, 2.45) is 5.92 Å². The van der Waals surface area contributed by atoms with Gasteiger partial charge in [-0.05, 0) is 35.7 Å². The molecule has 3 rings (SSSR count). The molecule has 2 amide bonds. The molecule has 0 aliphatic heterocycles. The Hall–Kier alpha value is -3.14. The van der Waals surface area contributed by atoms with Gasteiger partial charge < -0.3 is 10.2 Å². The SMILES string of the molecule is CC(C)CNC(=O)[C@H](Cc1ccccc1)N(Cc1ccccc1F)C(=O)CN(c1ccc(Cl)cc1Cl)S(C)(=O)=O. The van der Waals surface area contributed by atoms with Gasteiger partial charge in [0, 0.05) is 30.1 Å². The third-order valence-corrected chi connectivity index (χ3v) is 7.78.